The summed E-state index contributed by atoms with van der Waals surface area (Å²) in [6, 6.07) is 0. The van der Waals surface area contributed by atoms with E-state index in [2.05, 4.69) is 6.92 Å². The molecule has 0 bridgehead atoms. The van der Waals surface area contributed by atoms with Crippen molar-refractivity contribution in [3.8, 4) is 0 Å². The van der Waals surface area contributed by atoms with Crippen LogP contribution in [0.3, 0.4) is 0 Å². The molecule has 0 aromatic rings. The van der Waals surface area contributed by atoms with E-state index in [0.717, 1.165) is 41.4 Å². The molecule has 0 amide bonds. The van der Waals surface area contributed by atoms with Crippen molar-refractivity contribution in [3.63, 3.8) is 0 Å². The monoisotopic (exact) mass is 288 g/mol. The fourth-order valence-corrected chi connectivity index (χ4v) is 7.49. The van der Waals surface area contributed by atoms with Crippen molar-refractivity contribution in [1.29, 1.82) is 0 Å². The Kier molecular flexibility index (Phi) is 4.34. The number of rotatable bonds is 1. The first-order valence-corrected chi connectivity index (χ1v) is 10.4. The fourth-order valence-electron chi connectivity index (χ4n) is 7.49. The second-order valence-corrected chi connectivity index (χ2v) is 9.06. The summed E-state index contributed by atoms with van der Waals surface area (Å²) in [5.74, 6) is 7.84. The second kappa shape index (κ2) is 6.25. The second-order valence-electron chi connectivity index (χ2n) is 9.06. The number of fused-ring (bicyclic) bond motifs is 2. The molecule has 4 aliphatic carbocycles. The maximum Gasteiger partial charge on any atom is -0.0324 e. The van der Waals surface area contributed by atoms with Crippen LogP contribution in [0.4, 0.5) is 0 Å². The van der Waals surface area contributed by atoms with Gasteiger partial charge in [-0.25, -0.2) is 0 Å². The van der Waals surface area contributed by atoms with Crippen LogP contribution in [-0.4, -0.2) is 0 Å². The largest absolute Gasteiger partial charge is 0.0620 e. The van der Waals surface area contributed by atoms with Gasteiger partial charge in [0.1, 0.15) is 0 Å². The molecule has 4 saturated carbocycles. The molecule has 4 atom stereocenters. The average molecular weight is 289 g/mol. The highest BCUT2D eigenvalue weighted by Crippen LogP contribution is 2.59. The molecule has 21 heavy (non-hydrogen) atoms. The molecule has 0 heterocycles. The molecule has 0 aromatic carbocycles. The van der Waals surface area contributed by atoms with Crippen LogP contribution < -0.4 is 0 Å². The van der Waals surface area contributed by atoms with Gasteiger partial charge in [-0.15, -0.1) is 0 Å². The predicted molar refractivity (Wildman–Crippen MR) is 90.1 cm³/mol. The van der Waals surface area contributed by atoms with E-state index in [4.69, 9.17) is 0 Å². The molecule has 0 heteroatoms. The van der Waals surface area contributed by atoms with E-state index in [1.807, 2.05) is 0 Å². The molecule has 4 rings (SSSR count). The van der Waals surface area contributed by atoms with Gasteiger partial charge >= 0.3 is 0 Å². The van der Waals surface area contributed by atoms with E-state index < -0.39 is 0 Å². The van der Waals surface area contributed by atoms with Crippen LogP contribution in [0.25, 0.3) is 0 Å². The Morgan fingerprint density at radius 1 is 0.476 bits per heavy atom. The quantitative estimate of drug-likeness (QED) is 0.520. The molecule has 4 fully saturated rings. The Hall–Kier alpha value is 0. The average Bonchev–Trinajstić information content (AvgIpc) is 2.56. The van der Waals surface area contributed by atoms with Crippen LogP contribution in [0.5, 0.6) is 0 Å². The Morgan fingerprint density at radius 3 is 1.43 bits per heavy atom. The van der Waals surface area contributed by atoms with Gasteiger partial charge in [0.2, 0.25) is 0 Å². The molecule has 0 N–H and O–H groups in total. The summed E-state index contributed by atoms with van der Waals surface area (Å²) >= 11 is 0. The molecule has 0 aliphatic heterocycles. The normalized spacial score (nSPS) is 48.4. The van der Waals surface area contributed by atoms with E-state index in [0.29, 0.717) is 0 Å². The minimum Gasteiger partial charge on any atom is -0.0620 e. The zero-order valence-electron chi connectivity index (χ0n) is 14.2. The lowest BCUT2D eigenvalue weighted by Gasteiger charge is -2.57. The summed E-state index contributed by atoms with van der Waals surface area (Å²) in [5, 5.41) is 0. The third-order valence-corrected chi connectivity index (χ3v) is 8.28. The van der Waals surface area contributed by atoms with Gasteiger partial charge < -0.3 is 0 Å². The van der Waals surface area contributed by atoms with Gasteiger partial charge in [0.25, 0.3) is 0 Å². The minimum absolute atomic E-state index is 1.06. The molecule has 120 valence electrons. The number of hydrogen-bond acceptors (Lipinski definition) is 0. The molecule has 0 radical (unpaired) electrons. The summed E-state index contributed by atoms with van der Waals surface area (Å²) in [4.78, 5) is 0. The van der Waals surface area contributed by atoms with Crippen molar-refractivity contribution >= 4 is 0 Å². The van der Waals surface area contributed by atoms with Gasteiger partial charge in [-0.2, -0.15) is 0 Å². The van der Waals surface area contributed by atoms with Crippen LogP contribution >= 0.6 is 0 Å². The van der Waals surface area contributed by atoms with E-state index in [-0.39, 0.29) is 0 Å². The zero-order valence-corrected chi connectivity index (χ0v) is 14.2. The first kappa shape index (κ1) is 14.6. The third kappa shape index (κ3) is 2.59. The maximum atomic E-state index is 2.66. The van der Waals surface area contributed by atoms with Gasteiger partial charge in [0.05, 0.1) is 0 Å². The molecule has 0 nitrogen and oxygen atoms in total. The highest BCUT2D eigenvalue weighted by atomic mass is 14.6. The molecular weight excluding hydrogens is 252 g/mol. The lowest BCUT2D eigenvalue weighted by atomic mass is 9.48. The van der Waals surface area contributed by atoms with Crippen LogP contribution in [0.15, 0.2) is 0 Å². The van der Waals surface area contributed by atoms with Crippen LogP contribution in [0.1, 0.15) is 90.4 Å². The zero-order chi connectivity index (χ0) is 14.2. The van der Waals surface area contributed by atoms with Gasteiger partial charge in [0, 0.05) is 0 Å². The SMILES string of the molecule is CC1C2CCCCC2C(C2CCCCC2)C2CCCCC12. The van der Waals surface area contributed by atoms with Gasteiger partial charge in [-0.05, 0) is 67.1 Å². The fraction of sp³-hybridized carbons (Fsp3) is 1.00. The molecule has 0 spiro atoms. The standard InChI is InChI=1S/C21H36/c1-15-17-11-5-7-13-19(17)21(16-9-3-2-4-10-16)20-14-8-6-12-18(15)20/h15-21H,2-14H2,1H3. The Morgan fingerprint density at radius 2 is 0.905 bits per heavy atom. The van der Waals surface area contributed by atoms with Crippen molar-refractivity contribution in [2.24, 2.45) is 41.4 Å². The van der Waals surface area contributed by atoms with Crippen molar-refractivity contribution in [3.05, 3.63) is 0 Å². The van der Waals surface area contributed by atoms with Crippen molar-refractivity contribution in [2.45, 2.75) is 90.4 Å². The van der Waals surface area contributed by atoms with Gasteiger partial charge in [-0.1, -0.05) is 64.7 Å². The third-order valence-electron chi connectivity index (χ3n) is 8.28. The molecular formula is C21H36. The summed E-state index contributed by atoms with van der Waals surface area (Å²) in [7, 11) is 0. The van der Waals surface area contributed by atoms with Gasteiger partial charge in [0.15, 0.2) is 0 Å². The first-order chi connectivity index (χ1) is 10.4. The Labute approximate surface area is 132 Å². The van der Waals surface area contributed by atoms with Crippen molar-refractivity contribution in [1.82, 2.24) is 0 Å². The minimum atomic E-state index is 1.06. The van der Waals surface area contributed by atoms with E-state index in [9.17, 15) is 0 Å². The summed E-state index contributed by atoms with van der Waals surface area (Å²) in [6.45, 7) is 2.66. The van der Waals surface area contributed by atoms with Crippen molar-refractivity contribution in [2.75, 3.05) is 0 Å². The Balaban J connectivity index is 1.62. The van der Waals surface area contributed by atoms with Gasteiger partial charge in [-0.3, -0.25) is 0 Å². The highest BCUT2D eigenvalue weighted by molar-refractivity contribution is 5.00. The van der Waals surface area contributed by atoms with Crippen LogP contribution in [0.2, 0.25) is 0 Å². The maximum absolute atomic E-state index is 2.66. The van der Waals surface area contributed by atoms with E-state index in [1.165, 1.54) is 6.42 Å². The highest BCUT2D eigenvalue weighted by Gasteiger charge is 2.51. The molecule has 0 saturated heterocycles. The molecule has 4 aliphatic rings. The summed E-state index contributed by atoms with van der Waals surface area (Å²) < 4.78 is 0. The van der Waals surface area contributed by atoms with Crippen LogP contribution in [-0.2, 0) is 0 Å². The van der Waals surface area contributed by atoms with Crippen molar-refractivity contribution < 1.29 is 0 Å². The first-order valence-electron chi connectivity index (χ1n) is 10.4. The Bertz CT molecular complexity index is 316. The molecule has 4 unspecified atom stereocenters. The summed E-state index contributed by atoms with van der Waals surface area (Å²) in [5.41, 5.74) is 0. The van der Waals surface area contributed by atoms with E-state index >= 15 is 0 Å². The smallest absolute Gasteiger partial charge is 0.0324 e. The topological polar surface area (TPSA) is 0 Å². The van der Waals surface area contributed by atoms with Crippen LogP contribution in [0, 0.1) is 41.4 Å². The lowest BCUT2D eigenvalue weighted by molar-refractivity contribution is -0.0832. The summed E-state index contributed by atoms with van der Waals surface area (Å²) in [6.07, 6.45) is 20.3. The number of hydrogen-bond donors (Lipinski definition) is 0. The molecule has 0 aromatic heterocycles. The van der Waals surface area contributed by atoms with E-state index in [1.54, 1.807) is 77.0 Å². The lowest BCUT2D eigenvalue weighted by Crippen LogP contribution is -2.50. The predicted octanol–water partition coefficient (Wildman–Crippen LogP) is 6.45.